The van der Waals surface area contributed by atoms with Gasteiger partial charge in [-0.1, -0.05) is 30.3 Å². The van der Waals surface area contributed by atoms with E-state index < -0.39 is 16.0 Å². The predicted molar refractivity (Wildman–Crippen MR) is 83.4 cm³/mol. The van der Waals surface area contributed by atoms with Crippen LogP contribution < -0.4 is 10.0 Å². The van der Waals surface area contributed by atoms with Crippen LogP contribution >= 0.6 is 0 Å². The van der Waals surface area contributed by atoms with Gasteiger partial charge in [-0.2, -0.15) is 0 Å². The topological polar surface area (TPSA) is 95.5 Å². The highest BCUT2D eigenvalue weighted by atomic mass is 32.2. The summed E-state index contributed by atoms with van der Waals surface area (Å²) in [5.41, 5.74) is 1.25. The molecule has 0 aliphatic carbocycles. The zero-order valence-electron chi connectivity index (χ0n) is 11.9. The Hall–Kier alpha value is -2.38. The molecule has 3 N–H and O–H groups in total. The van der Waals surface area contributed by atoms with Gasteiger partial charge in [-0.15, -0.1) is 0 Å². The highest BCUT2D eigenvalue weighted by Crippen LogP contribution is 2.23. The van der Waals surface area contributed by atoms with E-state index in [1.54, 1.807) is 0 Å². The molecule has 2 rings (SSSR count). The molecule has 0 bridgehead atoms. The minimum atomic E-state index is -3.77. The van der Waals surface area contributed by atoms with Crippen LogP contribution in [-0.4, -0.2) is 26.5 Å². The Morgan fingerprint density at radius 3 is 2.41 bits per heavy atom. The van der Waals surface area contributed by atoms with Crippen LogP contribution in [0.5, 0.6) is 0 Å². The zero-order valence-corrected chi connectivity index (χ0v) is 12.7. The van der Waals surface area contributed by atoms with Gasteiger partial charge < -0.3 is 10.4 Å². The fourth-order valence-corrected chi connectivity index (χ4v) is 2.86. The van der Waals surface area contributed by atoms with Crippen molar-refractivity contribution in [2.24, 2.45) is 0 Å². The predicted octanol–water partition coefficient (Wildman–Crippen LogP) is 1.90. The lowest BCUT2D eigenvalue weighted by Crippen LogP contribution is -2.20. The maximum atomic E-state index is 12.1. The molecule has 0 fully saturated rings. The normalized spacial score (nSPS) is 11.1. The number of carboxylic acids is 1. The van der Waals surface area contributed by atoms with Gasteiger partial charge in [0, 0.05) is 6.54 Å². The van der Waals surface area contributed by atoms with E-state index in [0.717, 1.165) is 11.6 Å². The number of carbonyl (C=O) groups is 1. The zero-order chi connectivity index (χ0) is 16.2. The molecule has 0 saturated carbocycles. The van der Waals surface area contributed by atoms with E-state index in [4.69, 9.17) is 5.11 Å². The monoisotopic (exact) mass is 320 g/mol. The van der Waals surface area contributed by atoms with Crippen LogP contribution in [0.1, 0.15) is 15.9 Å². The van der Waals surface area contributed by atoms with Crippen LogP contribution in [-0.2, 0) is 16.6 Å². The van der Waals surface area contributed by atoms with Gasteiger partial charge >= 0.3 is 5.97 Å². The van der Waals surface area contributed by atoms with Gasteiger partial charge in [0.05, 0.1) is 11.3 Å². The fraction of sp³-hybridized carbons (Fsp3) is 0.133. The van der Waals surface area contributed by atoms with Crippen molar-refractivity contribution < 1.29 is 18.3 Å². The van der Waals surface area contributed by atoms with E-state index in [1.165, 1.54) is 19.2 Å². The number of anilines is 1. The third-order valence-corrected chi connectivity index (χ3v) is 4.57. The van der Waals surface area contributed by atoms with E-state index in [9.17, 15) is 13.2 Å². The first-order valence-corrected chi connectivity index (χ1v) is 8.01. The first-order valence-electron chi connectivity index (χ1n) is 6.53. The summed E-state index contributed by atoms with van der Waals surface area (Å²) in [6, 6.07) is 13.4. The number of rotatable bonds is 6. The summed E-state index contributed by atoms with van der Waals surface area (Å²) in [5, 5.41) is 12.0. The highest BCUT2D eigenvalue weighted by Gasteiger charge is 2.19. The van der Waals surface area contributed by atoms with Crippen molar-refractivity contribution in [3.8, 4) is 0 Å². The van der Waals surface area contributed by atoms with E-state index in [1.807, 2.05) is 30.3 Å². The maximum absolute atomic E-state index is 12.1. The molecule has 2 aromatic carbocycles. The quantitative estimate of drug-likeness (QED) is 0.755. The summed E-state index contributed by atoms with van der Waals surface area (Å²) in [6.07, 6.45) is 0. The molecule has 116 valence electrons. The number of hydrogen-bond acceptors (Lipinski definition) is 4. The van der Waals surface area contributed by atoms with Gasteiger partial charge in [-0.3, -0.25) is 0 Å². The lowest BCUT2D eigenvalue weighted by atomic mass is 10.2. The maximum Gasteiger partial charge on any atom is 0.335 e. The summed E-state index contributed by atoms with van der Waals surface area (Å²) < 4.78 is 26.3. The first kappa shape index (κ1) is 16.0. The van der Waals surface area contributed by atoms with Gasteiger partial charge in [0.15, 0.2) is 0 Å². The number of nitrogens with one attached hydrogen (secondary N) is 2. The lowest BCUT2D eigenvalue weighted by Gasteiger charge is -2.13. The van der Waals surface area contributed by atoms with Crippen molar-refractivity contribution in [3.05, 3.63) is 59.7 Å². The van der Waals surface area contributed by atoms with Crippen LogP contribution in [0, 0.1) is 0 Å². The molecule has 6 nitrogen and oxygen atoms in total. The molecule has 2 aromatic rings. The summed E-state index contributed by atoms with van der Waals surface area (Å²) in [5.74, 6) is -1.18. The van der Waals surface area contributed by atoms with Crippen molar-refractivity contribution in [2.45, 2.75) is 11.4 Å². The smallest absolute Gasteiger partial charge is 0.335 e. The number of carboxylic acid groups (broad SMARTS) is 1. The molecule has 0 saturated heterocycles. The Bertz CT molecular complexity index is 773. The standard InChI is InChI=1S/C15H16N2O4S/c1-16-22(20,21)14-9-12(15(18)19)7-8-13(14)17-10-11-5-3-2-4-6-11/h2-9,16-17H,10H2,1H3,(H,18,19). The SMILES string of the molecule is CNS(=O)(=O)c1cc(C(=O)O)ccc1NCc1ccccc1. The molecule has 0 spiro atoms. The molecule has 0 heterocycles. The first-order chi connectivity index (χ1) is 10.4. The van der Waals surface area contributed by atoms with Crippen molar-refractivity contribution >= 4 is 21.7 Å². The summed E-state index contributed by atoms with van der Waals surface area (Å²) in [7, 11) is -2.48. The lowest BCUT2D eigenvalue weighted by molar-refractivity contribution is 0.0696. The molecular formula is C15H16N2O4S. The van der Waals surface area contributed by atoms with Gasteiger partial charge in [-0.05, 0) is 30.8 Å². The fourth-order valence-electron chi connectivity index (χ4n) is 1.93. The third kappa shape index (κ3) is 3.63. The van der Waals surface area contributed by atoms with Crippen LogP contribution in [0.3, 0.4) is 0 Å². The van der Waals surface area contributed by atoms with Gasteiger partial charge in [0.25, 0.3) is 0 Å². The molecule has 0 aliphatic rings. The molecule has 22 heavy (non-hydrogen) atoms. The molecule has 0 unspecified atom stereocenters. The molecule has 0 amide bonds. The van der Waals surface area contributed by atoms with Crippen LogP contribution in [0.2, 0.25) is 0 Å². The van der Waals surface area contributed by atoms with Gasteiger partial charge in [0.1, 0.15) is 4.90 Å². The highest BCUT2D eigenvalue weighted by molar-refractivity contribution is 7.89. The molecule has 0 radical (unpaired) electrons. The molecule has 0 aliphatic heterocycles. The van der Waals surface area contributed by atoms with E-state index in [-0.39, 0.29) is 10.5 Å². The number of aromatic carboxylic acids is 1. The van der Waals surface area contributed by atoms with Gasteiger partial charge in [-0.25, -0.2) is 17.9 Å². The van der Waals surface area contributed by atoms with Crippen LogP contribution in [0.15, 0.2) is 53.4 Å². The minimum absolute atomic E-state index is 0.0842. The average molecular weight is 320 g/mol. The second-order valence-corrected chi connectivity index (χ2v) is 6.42. The summed E-state index contributed by atoms with van der Waals surface area (Å²) in [6.45, 7) is 0.430. The van der Waals surface area contributed by atoms with Crippen LogP contribution in [0.25, 0.3) is 0 Å². The van der Waals surface area contributed by atoms with Crippen molar-refractivity contribution in [1.29, 1.82) is 0 Å². The summed E-state index contributed by atoms with van der Waals surface area (Å²) in [4.78, 5) is 10.9. The molecule has 0 atom stereocenters. The average Bonchev–Trinajstić information content (AvgIpc) is 2.53. The summed E-state index contributed by atoms with van der Waals surface area (Å²) >= 11 is 0. The van der Waals surface area contributed by atoms with E-state index in [0.29, 0.717) is 12.2 Å². The molecule has 7 heteroatoms. The van der Waals surface area contributed by atoms with Crippen molar-refractivity contribution in [1.82, 2.24) is 4.72 Å². The number of sulfonamides is 1. The van der Waals surface area contributed by atoms with Crippen LogP contribution in [0.4, 0.5) is 5.69 Å². The van der Waals surface area contributed by atoms with E-state index >= 15 is 0 Å². The number of benzene rings is 2. The minimum Gasteiger partial charge on any atom is -0.478 e. The second kappa shape index (κ2) is 6.59. The molecular weight excluding hydrogens is 304 g/mol. The van der Waals surface area contributed by atoms with Gasteiger partial charge in [0.2, 0.25) is 10.0 Å². The molecule has 0 aromatic heterocycles. The Labute approximate surface area is 128 Å². The third-order valence-electron chi connectivity index (χ3n) is 3.11. The number of hydrogen-bond donors (Lipinski definition) is 3. The Kier molecular flexibility index (Phi) is 4.79. The van der Waals surface area contributed by atoms with Crippen molar-refractivity contribution in [2.75, 3.05) is 12.4 Å². The Morgan fingerprint density at radius 2 is 1.82 bits per heavy atom. The Balaban J connectivity index is 2.36. The largest absolute Gasteiger partial charge is 0.478 e. The van der Waals surface area contributed by atoms with E-state index in [2.05, 4.69) is 10.0 Å². The van der Waals surface area contributed by atoms with Crippen molar-refractivity contribution in [3.63, 3.8) is 0 Å². The Morgan fingerprint density at radius 1 is 1.14 bits per heavy atom. The second-order valence-electron chi connectivity index (χ2n) is 4.56.